The fourth-order valence-electron chi connectivity index (χ4n) is 2.48. The van der Waals surface area contributed by atoms with Gasteiger partial charge < -0.3 is 10.2 Å². The summed E-state index contributed by atoms with van der Waals surface area (Å²) in [6, 6.07) is 1.19. The lowest BCUT2D eigenvalue weighted by Gasteiger charge is -2.23. The minimum absolute atomic E-state index is 0. The maximum atomic E-state index is 11.9. The molecule has 0 radical (unpaired) electrons. The molecule has 92 valence electrons. The highest BCUT2D eigenvalue weighted by Gasteiger charge is 2.30. The van der Waals surface area contributed by atoms with E-state index >= 15 is 0 Å². The molecule has 0 aliphatic carbocycles. The molecule has 2 aliphatic rings. The van der Waals surface area contributed by atoms with Gasteiger partial charge in [-0.1, -0.05) is 5.57 Å². The SMILES string of the molecule is CC(C)=CC(=O)N1CCC2CCC(C1)N2.Cl. The Labute approximate surface area is 104 Å². The minimum atomic E-state index is 0. The molecule has 0 spiro atoms. The van der Waals surface area contributed by atoms with Gasteiger partial charge in [-0.3, -0.25) is 4.79 Å². The number of halogens is 1. The summed E-state index contributed by atoms with van der Waals surface area (Å²) in [5, 5.41) is 3.58. The Morgan fingerprint density at radius 3 is 2.62 bits per heavy atom. The summed E-state index contributed by atoms with van der Waals surface area (Å²) < 4.78 is 0. The molecule has 4 heteroatoms. The number of rotatable bonds is 1. The lowest BCUT2D eigenvalue weighted by Crippen LogP contribution is -2.38. The molecule has 2 saturated heterocycles. The van der Waals surface area contributed by atoms with E-state index in [-0.39, 0.29) is 18.3 Å². The number of carbonyl (C=O) groups is 1. The number of hydrogen-bond acceptors (Lipinski definition) is 2. The maximum absolute atomic E-state index is 11.9. The number of nitrogens with one attached hydrogen (secondary N) is 1. The standard InChI is InChI=1S/C12H20N2O.ClH/c1-9(2)7-12(15)14-6-5-10-3-4-11(8-14)13-10;/h7,10-11,13H,3-6,8H2,1-2H3;1H. The van der Waals surface area contributed by atoms with Crippen LogP contribution in [0.5, 0.6) is 0 Å². The zero-order valence-corrected chi connectivity index (χ0v) is 10.8. The van der Waals surface area contributed by atoms with Crippen LogP contribution in [0.25, 0.3) is 0 Å². The van der Waals surface area contributed by atoms with Crippen molar-refractivity contribution in [2.45, 2.75) is 45.2 Å². The van der Waals surface area contributed by atoms with Crippen LogP contribution in [0.4, 0.5) is 0 Å². The zero-order valence-electron chi connectivity index (χ0n) is 10.0. The predicted molar refractivity (Wildman–Crippen MR) is 67.8 cm³/mol. The molecule has 2 rings (SSSR count). The van der Waals surface area contributed by atoms with E-state index in [1.165, 1.54) is 12.8 Å². The van der Waals surface area contributed by atoms with Gasteiger partial charge in [0, 0.05) is 31.2 Å². The van der Waals surface area contributed by atoms with Gasteiger partial charge in [-0.25, -0.2) is 0 Å². The summed E-state index contributed by atoms with van der Waals surface area (Å²) in [6.45, 7) is 5.75. The maximum Gasteiger partial charge on any atom is 0.246 e. The van der Waals surface area contributed by atoms with E-state index in [4.69, 9.17) is 0 Å². The van der Waals surface area contributed by atoms with Crippen molar-refractivity contribution in [3.8, 4) is 0 Å². The second-order valence-corrected chi connectivity index (χ2v) is 4.93. The van der Waals surface area contributed by atoms with E-state index in [0.717, 1.165) is 25.1 Å². The van der Waals surface area contributed by atoms with E-state index in [1.807, 2.05) is 18.7 Å². The van der Waals surface area contributed by atoms with Crippen molar-refractivity contribution in [1.82, 2.24) is 10.2 Å². The van der Waals surface area contributed by atoms with Crippen LogP contribution in [0.1, 0.15) is 33.1 Å². The number of fused-ring (bicyclic) bond motifs is 2. The lowest BCUT2D eigenvalue weighted by atomic mass is 10.1. The molecule has 3 nitrogen and oxygen atoms in total. The Morgan fingerprint density at radius 1 is 1.25 bits per heavy atom. The fraction of sp³-hybridized carbons (Fsp3) is 0.750. The Kier molecular flexibility index (Phi) is 4.81. The van der Waals surface area contributed by atoms with Crippen molar-refractivity contribution in [1.29, 1.82) is 0 Å². The van der Waals surface area contributed by atoms with Gasteiger partial charge in [0.15, 0.2) is 0 Å². The highest BCUT2D eigenvalue weighted by atomic mass is 35.5. The van der Waals surface area contributed by atoms with Gasteiger partial charge in [0.05, 0.1) is 0 Å². The van der Waals surface area contributed by atoms with E-state index in [0.29, 0.717) is 12.1 Å². The first-order valence-corrected chi connectivity index (χ1v) is 5.85. The van der Waals surface area contributed by atoms with Crippen molar-refractivity contribution in [2.24, 2.45) is 0 Å². The average Bonchev–Trinajstić information content (AvgIpc) is 2.44. The molecule has 2 unspecified atom stereocenters. The van der Waals surface area contributed by atoms with Crippen molar-refractivity contribution < 1.29 is 4.79 Å². The first-order chi connectivity index (χ1) is 7.15. The zero-order chi connectivity index (χ0) is 10.8. The summed E-state index contributed by atoms with van der Waals surface area (Å²) in [7, 11) is 0. The molecule has 0 aromatic rings. The smallest absolute Gasteiger partial charge is 0.246 e. The Hall–Kier alpha value is -0.540. The van der Waals surface area contributed by atoms with E-state index in [9.17, 15) is 4.79 Å². The van der Waals surface area contributed by atoms with Gasteiger partial charge >= 0.3 is 0 Å². The van der Waals surface area contributed by atoms with Crippen LogP contribution in [0, 0.1) is 0 Å². The topological polar surface area (TPSA) is 32.3 Å². The van der Waals surface area contributed by atoms with Crippen LogP contribution in [0.3, 0.4) is 0 Å². The van der Waals surface area contributed by atoms with Crippen LogP contribution < -0.4 is 5.32 Å². The number of carbonyl (C=O) groups excluding carboxylic acids is 1. The molecule has 1 amide bonds. The molecule has 2 fully saturated rings. The summed E-state index contributed by atoms with van der Waals surface area (Å²) in [4.78, 5) is 13.8. The largest absolute Gasteiger partial charge is 0.338 e. The molecule has 2 heterocycles. The molecule has 1 N–H and O–H groups in total. The predicted octanol–water partition coefficient (Wildman–Crippen LogP) is 1.73. The van der Waals surface area contributed by atoms with E-state index < -0.39 is 0 Å². The molecule has 0 saturated carbocycles. The Bertz CT molecular complexity index is 287. The third-order valence-corrected chi connectivity index (χ3v) is 3.25. The number of likely N-dealkylation sites (tertiary alicyclic amines) is 1. The fourth-order valence-corrected chi connectivity index (χ4v) is 2.48. The molecule has 16 heavy (non-hydrogen) atoms. The molecule has 0 aromatic heterocycles. The van der Waals surface area contributed by atoms with Crippen molar-refractivity contribution in [3.05, 3.63) is 11.6 Å². The first-order valence-electron chi connectivity index (χ1n) is 5.85. The second kappa shape index (κ2) is 5.69. The first kappa shape index (κ1) is 13.5. The molecule has 2 aliphatic heterocycles. The van der Waals surface area contributed by atoms with Gasteiger partial charge in [0.25, 0.3) is 0 Å². The van der Waals surface area contributed by atoms with Crippen LogP contribution in [0.15, 0.2) is 11.6 Å². The highest BCUT2D eigenvalue weighted by molar-refractivity contribution is 5.88. The molecular weight excluding hydrogens is 224 g/mol. The number of nitrogens with zero attached hydrogens (tertiary/aromatic N) is 1. The Morgan fingerprint density at radius 2 is 1.94 bits per heavy atom. The highest BCUT2D eigenvalue weighted by Crippen LogP contribution is 2.20. The van der Waals surface area contributed by atoms with Crippen LogP contribution in [-0.2, 0) is 4.79 Å². The van der Waals surface area contributed by atoms with E-state index in [2.05, 4.69) is 5.32 Å². The third kappa shape index (κ3) is 3.22. The third-order valence-electron chi connectivity index (χ3n) is 3.25. The van der Waals surface area contributed by atoms with E-state index in [1.54, 1.807) is 6.08 Å². The second-order valence-electron chi connectivity index (χ2n) is 4.93. The Balaban J connectivity index is 0.00000128. The summed E-state index contributed by atoms with van der Waals surface area (Å²) in [5.74, 6) is 0.185. The summed E-state index contributed by atoms with van der Waals surface area (Å²) in [5.41, 5.74) is 1.09. The van der Waals surface area contributed by atoms with Crippen LogP contribution in [0.2, 0.25) is 0 Å². The van der Waals surface area contributed by atoms with Crippen molar-refractivity contribution in [3.63, 3.8) is 0 Å². The van der Waals surface area contributed by atoms with Gasteiger partial charge in [-0.15, -0.1) is 12.4 Å². The molecule has 2 bridgehead atoms. The monoisotopic (exact) mass is 244 g/mol. The van der Waals surface area contributed by atoms with Crippen molar-refractivity contribution in [2.75, 3.05) is 13.1 Å². The number of hydrogen-bond donors (Lipinski definition) is 1. The van der Waals surface area contributed by atoms with Gasteiger partial charge in [0.2, 0.25) is 5.91 Å². The average molecular weight is 245 g/mol. The minimum Gasteiger partial charge on any atom is -0.338 e. The lowest BCUT2D eigenvalue weighted by molar-refractivity contribution is -0.126. The van der Waals surface area contributed by atoms with Gasteiger partial charge in [-0.05, 0) is 33.1 Å². The molecule has 0 aromatic carbocycles. The number of amides is 1. The van der Waals surface area contributed by atoms with Gasteiger partial charge in [0.1, 0.15) is 0 Å². The van der Waals surface area contributed by atoms with Gasteiger partial charge in [-0.2, -0.15) is 0 Å². The molecular formula is C12H21ClN2O. The molecule has 2 atom stereocenters. The van der Waals surface area contributed by atoms with Crippen molar-refractivity contribution >= 4 is 18.3 Å². The quantitative estimate of drug-likeness (QED) is 0.713. The summed E-state index contributed by atoms with van der Waals surface area (Å²) in [6.07, 6.45) is 5.37. The normalized spacial score (nSPS) is 28.0. The summed E-state index contributed by atoms with van der Waals surface area (Å²) >= 11 is 0. The van der Waals surface area contributed by atoms with Crippen LogP contribution in [-0.4, -0.2) is 36.0 Å². The number of allylic oxidation sites excluding steroid dienone is 1. The van der Waals surface area contributed by atoms with Crippen LogP contribution >= 0.6 is 12.4 Å².